The highest BCUT2D eigenvalue weighted by Gasteiger charge is 2.19. The third-order valence-electron chi connectivity index (χ3n) is 9.50. The molecule has 0 radical (unpaired) electrons. The molecule has 8 aromatic rings. The minimum Gasteiger partial charge on any atom is -0.309 e. The molecule has 0 N–H and O–H groups in total. The normalized spacial score (nSPS) is 10.5. The molecule has 0 aliphatic rings. The Morgan fingerprint density at radius 3 is 1.21 bits per heavy atom. The van der Waals surface area contributed by atoms with Crippen LogP contribution < -0.4 is 0 Å². The lowest BCUT2D eigenvalue weighted by Crippen LogP contribution is -1.98. The number of nitrogens with zero attached hydrogens (tertiary/aromatic N) is 6. The van der Waals surface area contributed by atoms with Crippen molar-refractivity contribution in [2.45, 2.75) is 0 Å². The van der Waals surface area contributed by atoms with Crippen LogP contribution in [0.5, 0.6) is 0 Å². The second-order valence-electron chi connectivity index (χ2n) is 12.6. The number of para-hydroxylation sites is 1. The maximum absolute atomic E-state index is 9.70. The van der Waals surface area contributed by atoms with Gasteiger partial charge in [-0.3, -0.25) is 0 Å². The topological polar surface area (TPSA) is 124 Å². The van der Waals surface area contributed by atoms with Crippen molar-refractivity contribution >= 4 is 21.8 Å². The van der Waals surface area contributed by atoms with Crippen molar-refractivity contribution in [3.63, 3.8) is 0 Å². The first-order valence-corrected chi connectivity index (χ1v) is 16.7. The summed E-state index contributed by atoms with van der Waals surface area (Å²) >= 11 is 0. The Bertz CT molecular complexity index is 2810. The molecule has 53 heavy (non-hydrogen) atoms. The zero-order chi connectivity index (χ0) is 36.5. The van der Waals surface area contributed by atoms with Gasteiger partial charge in [0.2, 0.25) is 0 Å². The van der Waals surface area contributed by atoms with Crippen LogP contribution in [0.25, 0.3) is 72.0 Å². The smallest absolute Gasteiger partial charge is 0.0992 e. The van der Waals surface area contributed by atoms with Gasteiger partial charge in [0, 0.05) is 16.3 Å². The van der Waals surface area contributed by atoms with E-state index in [0.717, 1.165) is 72.0 Å². The van der Waals surface area contributed by atoms with E-state index < -0.39 is 0 Å². The fourth-order valence-electron chi connectivity index (χ4n) is 7.08. The molecule has 0 saturated heterocycles. The average Bonchev–Trinajstić information content (AvgIpc) is 3.56. The van der Waals surface area contributed by atoms with E-state index in [9.17, 15) is 26.3 Å². The summed E-state index contributed by atoms with van der Waals surface area (Å²) in [7, 11) is 0. The summed E-state index contributed by atoms with van der Waals surface area (Å²) in [6.07, 6.45) is 0. The Hall–Kier alpha value is -8.21. The number of aromatic nitrogens is 1. The van der Waals surface area contributed by atoms with Crippen molar-refractivity contribution in [3.8, 4) is 80.5 Å². The van der Waals surface area contributed by atoms with E-state index in [2.05, 4.69) is 83.4 Å². The first kappa shape index (κ1) is 32.0. The molecule has 0 atom stereocenters. The van der Waals surface area contributed by atoms with Crippen LogP contribution in [0.4, 0.5) is 0 Å². The number of hydrogen-bond acceptors (Lipinski definition) is 5. The molecule has 7 aromatic carbocycles. The van der Waals surface area contributed by atoms with Gasteiger partial charge in [0.15, 0.2) is 0 Å². The molecule has 0 amide bonds. The van der Waals surface area contributed by atoms with Gasteiger partial charge in [-0.1, -0.05) is 66.7 Å². The van der Waals surface area contributed by atoms with Crippen molar-refractivity contribution in [3.05, 3.63) is 173 Å². The standard InChI is InChI=1S/C47H24N6/c48-25-30-9-11-35(12-10-30)40-5-1-2-6-41(40)42-7-3-4-8-45(42)53-46-15-13-36(38-19-31(26-49)17-32(20-38)27-50)23-43(46)44-24-37(14-16-47(44)53)39-21-33(28-51)18-34(22-39)29-52/h1-24H. The zero-order valence-electron chi connectivity index (χ0n) is 28.0. The molecular weight excluding hydrogens is 649 g/mol. The zero-order valence-corrected chi connectivity index (χ0v) is 28.0. The van der Waals surface area contributed by atoms with Gasteiger partial charge in [-0.05, 0) is 118 Å². The molecule has 242 valence electrons. The van der Waals surface area contributed by atoms with Crippen LogP contribution >= 0.6 is 0 Å². The van der Waals surface area contributed by atoms with E-state index >= 15 is 0 Å². The molecule has 6 nitrogen and oxygen atoms in total. The minimum atomic E-state index is 0.407. The Morgan fingerprint density at radius 1 is 0.321 bits per heavy atom. The van der Waals surface area contributed by atoms with Crippen molar-refractivity contribution in [2.75, 3.05) is 0 Å². The quantitative estimate of drug-likeness (QED) is 0.180. The monoisotopic (exact) mass is 672 g/mol. The maximum Gasteiger partial charge on any atom is 0.0992 e. The van der Waals surface area contributed by atoms with Crippen LogP contribution in [0.2, 0.25) is 0 Å². The molecule has 1 heterocycles. The largest absolute Gasteiger partial charge is 0.309 e. The SMILES string of the molecule is N#Cc1ccc(-c2ccccc2-c2ccccc2-n2c3ccc(-c4cc(C#N)cc(C#N)c4)cc3c3cc(-c4cc(C#N)cc(C#N)c4)ccc32)cc1. The Kier molecular flexibility index (Phi) is 8.01. The van der Waals surface area contributed by atoms with E-state index in [1.807, 2.05) is 60.7 Å². The van der Waals surface area contributed by atoms with Gasteiger partial charge in [-0.25, -0.2) is 0 Å². The maximum atomic E-state index is 9.70. The lowest BCUT2D eigenvalue weighted by atomic mass is 9.93. The van der Waals surface area contributed by atoms with Crippen molar-refractivity contribution < 1.29 is 0 Å². The second-order valence-corrected chi connectivity index (χ2v) is 12.6. The van der Waals surface area contributed by atoms with Crippen molar-refractivity contribution in [1.82, 2.24) is 4.57 Å². The Morgan fingerprint density at radius 2 is 0.736 bits per heavy atom. The molecule has 0 fully saturated rings. The number of fused-ring (bicyclic) bond motifs is 3. The van der Waals surface area contributed by atoms with Crippen LogP contribution in [-0.2, 0) is 0 Å². The molecule has 0 aliphatic carbocycles. The van der Waals surface area contributed by atoms with Gasteiger partial charge in [0.1, 0.15) is 0 Å². The summed E-state index contributed by atoms with van der Waals surface area (Å²) in [5, 5.41) is 50.1. The number of benzene rings is 7. The van der Waals surface area contributed by atoms with Crippen LogP contribution in [-0.4, -0.2) is 4.57 Å². The second kappa shape index (κ2) is 13.2. The number of hydrogen-bond donors (Lipinski definition) is 0. The molecule has 1 aromatic heterocycles. The summed E-state index contributed by atoms with van der Waals surface area (Å²) in [5.41, 5.74) is 12.4. The van der Waals surface area contributed by atoms with Crippen LogP contribution in [0.3, 0.4) is 0 Å². The van der Waals surface area contributed by atoms with Crippen LogP contribution in [0, 0.1) is 56.7 Å². The molecule has 0 aliphatic heterocycles. The molecule has 6 heteroatoms. The third-order valence-corrected chi connectivity index (χ3v) is 9.50. The van der Waals surface area contributed by atoms with E-state index in [1.165, 1.54) is 0 Å². The first-order valence-electron chi connectivity index (χ1n) is 16.7. The number of rotatable bonds is 5. The van der Waals surface area contributed by atoms with E-state index in [4.69, 9.17) is 0 Å². The predicted molar refractivity (Wildman–Crippen MR) is 206 cm³/mol. The predicted octanol–water partition coefficient (Wildman–Crippen LogP) is 10.8. The summed E-state index contributed by atoms with van der Waals surface area (Å²) in [6.45, 7) is 0. The fourth-order valence-corrected chi connectivity index (χ4v) is 7.08. The lowest BCUT2D eigenvalue weighted by molar-refractivity contribution is 1.18. The van der Waals surface area contributed by atoms with Crippen molar-refractivity contribution in [2.24, 2.45) is 0 Å². The van der Waals surface area contributed by atoms with Gasteiger partial charge in [-0.2, -0.15) is 26.3 Å². The van der Waals surface area contributed by atoms with Gasteiger partial charge in [0.05, 0.1) is 74.9 Å². The molecule has 0 spiro atoms. The summed E-state index contributed by atoms with van der Waals surface area (Å²) in [4.78, 5) is 0. The van der Waals surface area contributed by atoms with Gasteiger partial charge in [-0.15, -0.1) is 0 Å². The molecule has 0 saturated carbocycles. The van der Waals surface area contributed by atoms with Crippen LogP contribution in [0.15, 0.2) is 146 Å². The highest BCUT2D eigenvalue weighted by Crippen LogP contribution is 2.42. The summed E-state index contributed by atoms with van der Waals surface area (Å²) < 4.78 is 2.25. The highest BCUT2D eigenvalue weighted by molar-refractivity contribution is 6.12. The fraction of sp³-hybridized carbons (Fsp3) is 0. The average molecular weight is 673 g/mol. The molecule has 0 bridgehead atoms. The van der Waals surface area contributed by atoms with Gasteiger partial charge < -0.3 is 4.57 Å². The Labute approximate surface area is 305 Å². The van der Waals surface area contributed by atoms with E-state index in [0.29, 0.717) is 27.8 Å². The van der Waals surface area contributed by atoms with Gasteiger partial charge in [0.25, 0.3) is 0 Å². The molecular formula is C47H24N6. The first-order chi connectivity index (χ1) is 26.0. The van der Waals surface area contributed by atoms with Gasteiger partial charge >= 0.3 is 0 Å². The Balaban J connectivity index is 1.41. The van der Waals surface area contributed by atoms with Crippen molar-refractivity contribution in [1.29, 1.82) is 26.3 Å². The summed E-state index contributed by atoms with van der Waals surface area (Å²) in [5.74, 6) is 0. The van der Waals surface area contributed by atoms with Crippen LogP contribution in [0.1, 0.15) is 27.8 Å². The van der Waals surface area contributed by atoms with E-state index in [1.54, 1.807) is 36.4 Å². The molecule has 8 rings (SSSR count). The molecule has 0 unspecified atom stereocenters. The van der Waals surface area contributed by atoms with E-state index in [-0.39, 0.29) is 0 Å². The number of nitriles is 5. The lowest BCUT2D eigenvalue weighted by Gasteiger charge is -2.17. The highest BCUT2D eigenvalue weighted by atomic mass is 15.0. The minimum absolute atomic E-state index is 0.407. The third kappa shape index (κ3) is 5.70. The summed E-state index contributed by atoms with van der Waals surface area (Å²) in [6, 6.07) is 57.7.